The Kier molecular flexibility index (Phi) is 5.07. The lowest BCUT2D eigenvalue weighted by atomic mass is 10.3. The third-order valence-electron chi connectivity index (χ3n) is 2.15. The maximum Gasteiger partial charge on any atom is 0.186 e. The molecule has 16 heavy (non-hydrogen) atoms. The van der Waals surface area contributed by atoms with Gasteiger partial charge in [-0.1, -0.05) is 0 Å². The van der Waals surface area contributed by atoms with Gasteiger partial charge in [-0.05, 0) is 6.92 Å². The van der Waals surface area contributed by atoms with Crippen molar-refractivity contribution in [2.75, 3.05) is 32.7 Å². The van der Waals surface area contributed by atoms with Gasteiger partial charge in [-0.2, -0.15) is 0 Å². The quantitative estimate of drug-likeness (QED) is 0.788. The van der Waals surface area contributed by atoms with E-state index < -0.39 is 5.82 Å². The second kappa shape index (κ2) is 6.34. The van der Waals surface area contributed by atoms with Crippen molar-refractivity contribution in [1.29, 1.82) is 0 Å². The zero-order valence-corrected chi connectivity index (χ0v) is 9.66. The topological polar surface area (TPSA) is 56.3 Å². The summed E-state index contributed by atoms with van der Waals surface area (Å²) >= 11 is 0. The minimum atomic E-state index is -0.435. The molecule has 6 heteroatoms. The number of hydrogen-bond acceptors (Lipinski definition) is 5. The van der Waals surface area contributed by atoms with Gasteiger partial charge in [0.2, 0.25) is 0 Å². The van der Waals surface area contributed by atoms with Crippen molar-refractivity contribution < 1.29 is 13.9 Å². The van der Waals surface area contributed by atoms with E-state index in [0.29, 0.717) is 18.8 Å². The van der Waals surface area contributed by atoms with Crippen molar-refractivity contribution >= 4 is 5.82 Å². The molecule has 0 aliphatic heterocycles. The molecule has 1 aromatic rings. The Morgan fingerprint density at radius 1 is 1.44 bits per heavy atom. The number of nitrogens with zero attached hydrogens (tertiary/aromatic N) is 2. The normalized spacial score (nSPS) is 12.5. The molecule has 0 aliphatic carbocycles. The molecule has 1 rings (SSSR count). The van der Waals surface area contributed by atoms with Gasteiger partial charge in [0.1, 0.15) is 6.33 Å². The molecule has 0 radical (unpaired) electrons. The van der Waals surface area contributed by atoms with E-state index in [-0.39, 0.29) is 11.9 Å². The lowest BCUT2D eigenvalue weighted by Gasteiger charge is -2.15. The zero-order valence-electron chi connectivity index (χ0n) is 9.66. The maximum absolute atomic E-state index is 13.5. The van der Waals surface area contributed by atoms with Crippen molar-refractivity contribution in [2.45, 2.75) is 13.0 Å². The van der Waals surface area contributed by atoms with Gasteiger partial charge in [0.25, 0.3) is 0 Å². The van der Waals surface area contributed by atoms with E-state index in [1.165, 1.54) is 6.33 Å². The van der Waals surface area contributed by atoms with Crippen LogP contribution in [-0.2, 0) is 9.47 Å². The predicted molar refractivity (Wildman–Crippen MR) is 57.9 cm³/mol. The second-order valence-corrected chi connectivity index (χ2v) is 3.32. The fourth-order valence-electron chi connectivity index (χ4n) is 1.19. The molecule has 0 aromatic carbocycles. The maximum atomic E-state index is 13.5. The van der Waals surface area contributed by atoms with Gasteiger partial charge >= 0.3 is 0 Å². The molecule has 0 saturated heterocycles. The molecule has 0 fully saturated rings. The van der Waals surface area contributed by atoms with Crippen molar-refractivity contribution in [3.8, 4) is 0 Å². The van der Waals surface area contributed by atoms with Gasteiger partial charge < -0.3 is 14.8 Å². The molecule has 0 spiro atoms. The minimum Gasteiger partial charge on any atom is -0.382 e. The molecule has 0 saturated carbocycles. The molecule has 0 amide bonds. The summed E-state index contributed by atoms with van der Waals surface area (Å²) in [7, 11) is 3.16. The van der Waals surface area contributed by atoms with E-state index in [2.05, 4.69) is 15.3 Å². The third-order valence-corrected chi connectivity index (χ3v) is 2.15. The fourth-order valence-corrected chi connectivity index (χ4v) is 1.19. The largest absolute Gasteiger partial charge is 0.382 e. The van der Waals surface area contributed by atoms with Crippen LogP contribution >= 0.6 is 0 Å². The highest BCUT2D eigenvalue weighted by molar-refractivity contribution is 5.36. The first-order valence-electron chi connectivity index (χ1n) is 4.91. The highest BCUT2D eigenvalue weighted by Gasteiger charge is 2.10. The molecule has 0 aliphatic rings. The number of rotatable bonds is 6. The molecule has 1 aromatic heterocycles. The summed E-state index contributed by atoms with van der Waals surface area (Å²) in [5.74, 6) is -0.250. The van der Waals surface area contributed by atoms with E-state index in [1.54, 1.807) is 21.1 Å². The summed E-state index contributed by atoms with van der Waals surface area (Å²) in [6.07, 6.45) is 1.18. The number of nitrogens with one attached hydrogen (secondary N) is 1. The molecule has 1 heterocycles. The van der Waals surface area contributed by atoms with E-state index in [1.807, 2.05) is 0 Å². The number of hydrogen-bond donors (Lipinski definition) is 1. The van der Waals surface area contributed by atoms with Crippen LogP contribution in [0.25, 0.3) is 0 Å². The summed E-state index contributed by atoms with van der Waals surface area (Å²) in [6, 6.07) is 0. The first-order valence-corrected chi connectivity index (χ1v) is 4.91. The van der Waals surface area contributed by atoms with Gasteiger partial charge in [-0.25, -0.2) is 14.4 Å². The van der Waals surface area contributed by atoms with Gasteiger partial charge in [0.05, 0.1) is 18.4 Å². The second-order valence-electron chi connectivity index (χ2n) is 3.32. The number of ether oxygens (including phenoxy) is 2. The van der Waals surface area contributed by atoms with Crippen LogP contribution < -0.4 is 5.32 Å². The van der Waals surface area contributed by atoms with E-state index >= 15 is 0 Å². The molecule has 5 nitrogen and oxygen atoms in total. The molecule has 90 valence electrons. The van der Waals surface area contributed by atoms with Crippen LogP contribution in [0.4, 0.5) is 10.2 Å². The van der Waals surface area contributed by atoms with Gasteiger partial charge in [-0.15, -0.1) is 0 Å². The summed E-state index contributed by atoms with van der Waals surface area (Å²) in [4.78, 5) is 7.55. The first kappa shape index (κ1) is 12.8. The van der Waals surface area contributed by atoms with Crippen molar-refractivity contribution in [2.24, 2.45) is 0 Å². The molecule has 1 atom stereocenters. The van der Waals surface area contributed by atoms with Crippen LogP contribution in [0.1, 0.15) is 5.69 Å². The smallest absolute Gasteiger partial charge is 0.186 e. The lowest BCUT2D eigenvalue weighted by molar-refractivity contribution is 0.0365. The summed E-state index contributed by atoms with van der Waals surface area (Å²) in [5, 5.41) is 2.86. The molecule has 0 bridgehead atoms. The molecular weight excluding hydrogens is 213 g/mol. The Morgan fingerprint density at radius 3 is 2.81 bits per heavy atom. The Morgan fingerprint density at radius 2 is 2.19 bits per heavy atom. The summed E-state index contributed by atoms with van der Waals surface area (Å²) in [5.41, 5.74) is 0.318. The monoisotopic (exact) mass is 229 g/mol. The third kappa shape index (κ3) is 3.39. The highest BCUT2D eigenvalue weighted by atomic mass is 19.1. The fraction of sp³-hybridized carbons (Fsp3) is 0.600. The summed E-state index contributed by atoms with van der Waals surface area (Å²) in [6.45, 7) is 2.46. The van der Waals surface area contributed by atoms with Crippen LogP contribution in [0, 0.1) is 12.7 Å². The number of aryl methyl sites for hydroxylation is 1. The molecular formula is C10H16FN3O2. The van der Waals surface area contributed by atoms with Gasteiger partial charge in [0.15, 0.2) is 11.6 Å². The Bertz CT molecular complexity index is 336. The number of methoxy groups -OCH3 is 2. The van der Waals surface area contributed by atoms with Crippen molar-refractivity contribution in [3.05, 3.63) is 17.8 Å². The number of anilines is 1. The first-order chi connectivity index (χ1) is 7.69. The van der Waals surface area contributed by atoms with E-state index in [0.717, 1.165) is 0 Å². The summed E-state index contributed by atoms with van der Waals surface area (Å²) < 4.78 is 23.6. The van der Waals surface area contributed by atoms with Crippen molar-refractivity contribution in [3.63, 3.8) is 0 Å². The zero-order chi connectivity index (χ0) is 12.0. The Hall–Kier alpha value is -1.27. The van der Waals surface area contributed by atoms with Crippen molar-refractivity contribution in [1.82, 2.24) is 9.97 Å². The van der Waals surface area contributed by atoms with Crippen LogP contribution in [0.2, 0.25) is 0 Å². The van der Waals surface area contributed by atoms with Crippen LogP contribution in [-0.4, -0.2) is 43.4 Å². The molecule has 1 unspecified atom stereocenters. The average molecular weight is 229 g/mol. The van der Waals surface area contributed by atoms with E-state index in [4.69, 9.17) is 9.47 Å². The van der Waals surface area contributed by atoms with Gasteiger partial charge in [-0.3, -0.25) is 0 Å². The van der Waals surface area contributed by atoms with Crippen LogP contribution in [0.3, 0.4) is 0 Å². The molecule has 1 N–H and O–H groups in total. The van der Waals surface area contributed by atoms with Crippen LogP contribution in [0.15, 0.2) is 6.33 Å². The van der Waals surface area contributed by atoms with E-state index in [9.17, 15) is 4.39 Å². The minimum absolute atomic E-state index is 0.139. The predicted octanol–water partition coefficient (Wildman–Crippen LogP) is 0.997. The number of halogens is 1. The standard InChI is InChI=1S/C10H16FN3O2/c1-7-9(11)10(14-6-13-7)12-4-8(16-3)5-15-2/h6,8H,4-5H2,1-3H3,(H,12,13,14). The SMILES string of the molecule is COCC(CNc1ncnc(C)c1F)OC. The highest BCUT2D eigenvalue weighted by Crippen LogP contribution is 2.11. The Labute approximate surface area is 94.0 Å². The Balaban J connectivity index is 2.56. The van der Waals surface area contributed by atoms with Gasteiger partial charge in [0, 0.05) is 20.8 Å². The van der Waals surface area contributed by atoms with Crippen LogP contribution in [0.5, 0.6) is 0 Å². The number of aromatic nitrogens is 2. The lowest BCUT2D eigenvalue weighted by Crippen LogP contribution is -2.27. The average Bonchev–Trinajstić information content (AvgIpc) is 2.29.